The number of hydrogen-bond donors (Lipinski definition) is 6. The van der Waals surface area contributed by atoms with Crippen LogP contribution in [0.5, 0.6) is 0 Å². The Balaban J connectivity index is -0.0000000418. The molecule has 118 heavy (non-hydrogen) atoms. The van der Waals surface area contributed by atoms with Gasteiger partial charge in [-0.1, -0.05) is 79.4 Å². The summed E-state index contributed by atoms with van der Waals surface area (Å²) in [4.78, 5) is 51.6. The van der Waals surface area contributed by atoms with Crippen molar-refractivity contribution in [3.05, 3.63) is 34.4 Å². The molecule has 6 N–H and O–H groups in total. The maximum atomic E-state index is 14.5. The van der Waals surface area contributed by atoms with Gasteiger partial charge in [0.1, 0.15) is 18.2 Å². The number of ether oxygens (including phenoxy) is 5. The molecule has 0 unspecified atom stereocenters. The number of carbonyl (C=O) groups excluding carboxylic acids is 3. The van der Waals surface area contributed by atoms with Crippen molar-refractivity contribution in [3.63, 3.8) is 0 Å². The van der Waals surface area contributed by atoms with E-state index in [0.717, 1.165) is 31.3 Å². The first kappa shape index (κ1) is 101. The maximum Gasteiger partial charge on any atom is 0.329 e. The lowest BCUT2D eigenvalue weighted by atomic mass is 9.80. The summed E-state index contributed by atoms with van der Waals surface area (Å²) in [7, 11) is 4.74. The molecule has 3 fully saturated rings. The molecule has 14 atom stereocenters. The van der Waals surface area contributed by atoms with Crippen molar-refractivity contribution in [1.29, 1.82) is 0 Å². The zero-order valence-electron chi connectivity index (χ0n) is 67.1. The zero-order valence-corrected chi connectivity index (χ0v) is 67.1. The van der Waals surface area contributed by atoms with Crippen LogP contribution in [0, 0.1) is 302 Å². The van der Waals surface area contributed by atoms with E-state index in [9.17, 15) is 29.7 Å². The van der Waals surface area contributed by atoms with Crippen molar-refractivity contribution in [2.45, 2.75) is 194 Å². The Hall–Kier alpha value is -13.0. The Morgan fingerprint density at radius 3 is 1.41 bits per heavy atom. The van der Waals surface area contributed by atoms with Gasteiger partial charge < -0.3 is 43.9 Å². The Labute approximate surface area is 746 Å². The van der Waals surface area contributed by atoms with Crippen LogP contribution < -0.4 is 5.64 Å². The molecule has 2 bridgehead atoms. The minimum absolute atomic E-state index is 0. The number of ketones is 1. The smallest absolute Gasteiger partial charge is 0.329 e. The minimum atomic E-state index is -2.47. The Morgan fingerprint density at radius 1 is 0.568 bits per heavy atom. The molecule has 0 aromatic rings. The summed E-state index contributed by atoms with van der Waals surface area (Å²) in [5.41, 5.74) is 5.73. The lowest BCUT2D eigenvalue weighted by molar-refractivity contribution is -0.781. The van der Waals surface area contributed by atoms with Crippen LogP contribution in [0.3, 0.4) is 0 Å². The summed E-state index contributed by atoms with van der Waals surface area (Å²) in [6.07, 6.45) is 11.8. The SMILES string of the molecule is C#CC#CC#CC#CC#CC#CC#CC#CC#CC#CC#CC#CC#CC#CC#CC#CC#CC#CC#CC#CC#CC#CC#CC.CC/C(C)=C1/C[C@H](O)[C@@H](C)[C@@H](/C(C)=C/[C@@H]2CC[C@@H](O)[C@H](OC)C2)OC(=O)[C@@H]2CCCCN2C(=O)C(=O)[C@]2(O)O[C@H]([C@@H](OC)C[C@@H](C)C/C(C)=C/[C@H]1CC)[C@@H](OC)C[C@H]2C.OOOOONOOOOOO.[HH].[HH].[HH].[HH].[HH].[HH].[HH].[HH].[HH].[HH].[HH].[HH].[HH].[HH].[HH].[HH].[HH].[HH].[HH].[HH].[HH].[HH].[HH].[HH].[HH].[HH].[HH].[HH].[HH].[HH].[HH].[HH].[HH].[HH].[HH].[HH]. The monoisotopic (exact) mass is 1670 g/mol. The number of hydrogen-bond acceptors (Lipinski definition) is 23. The van der Waals surface area contributed by atoms with E-state index < -0.39 is 77.9 Å². The Kier molecular flexibility index (Phi) is 55.0. The van der Waals surface area contributed by atoms with E-state index in [-0.39, 0.29) is 94.6 Å². The molecule has 0 spiro atoms. The van der Waals surface area contributed by atoms with Crippen LogP contribution in [0.2, 0.25) is 0 Å². The van der Waals surface area contributed by atoms with Gasteiger partial charge in [0.15, 0.2) is 0 Å². The summed E-state index contributed by atoms with van der Waals surface area (Å²) >= 11 is 0. The number of terminal acetylenes is 1. The second-order valence-corrected chi connectivity index (χ2v) is 24.9. The van der Waals surface area contributed by atoms with Crippen molar-refractivity contribution in [1.82, 2.24) is 10.5 Å². The molecule has 4 rings (SSSR count). The minimum Gasteiger partial charge on any atom is -0.456 e. The molecule has 0 radical (unpaired) electrons. The van der Waals surface area contributed by atoms with E-state index in [2.05, 4.69) is 358 Å². The van der Waals surface area contributed by atoms with Gasteiger partial charge in [0, 0.05) is 257 Å². The third-order valence-electron chi connectivity index (χ3n) is 17.1. The lowest BCUT2D eigenvalue weighted by Crippen LogP contribution is -2.64. The van der Waals surface area contributed by atoms with Crippen LogP contribution in [0.4, 0.5) is 0 Å². The highest BCUT2D eigenvalue weighted by atomic mass is 17.8. The van der Waals surface area contributed by atoms with Gasteiger partial charge in [-0.15, -0.1) is 6.42 Å². The quantitative estimate of drug-likeness (QED) is 0.0159. The number of piperidine rings is 1. The van der Waals surface area contributed by atoms with Gasteiger partial charge in [0.2, 0.25) is 5.79 Å². The van der Waals surface area contributed by atoms with E-state index >= 15 is 0 Å². The van der Waals surface area contributed by atoms with Crippen LogP contribution in [0.25, 0.3) is 0 Å². The van der Waals surface area contributed by atoms with Crippen LogP contribution >= 0.6 is 0 Å². The molecular weight excluding hydrogens is 1510 g/mol. The molecular formula is C94H156N2O22. The summed E-state index contributed by atoms with van der Waals surface area (Å²) in [6.45, 7) is 18.0. The van der Waals surface area contributed by atoms with E-state index in [0.29, 0.717) is 38.5 Å². The summed E-state index contributed by atoms with van der Waals surface area (Å²) in [5, 5.41) is 72.2. The van der Waals surface area contributed by atoms with Crippen LogP contribution in [0.1, 0.15) is 191 Å². The molecule has 3 aliphatic heterocycles. The van der Waals surface area contributed by atoms with E-state index in [1.54, 1.807) is 35.2 Å². The summed E-state index contributed by atoms with van der Waals surface area (Å²) < 4.78 is 30.2. The first-order valence-corrected chi connectivity index (χ1v) is 36.1. The predicted molar refractivity (Wildman–Crippen MR) is 506 cm³/mol. The van der Waals surface area contributed by atoms with Crippen molar-refractivity contribution >= 4 is 17.7 Å². The lowest BCUT2D eigenvalue weighted by Gasteiger charge is -2.47. The first-order valence-electron chi connectivity index (χ1n) is 36.1. The van der Waals surface area contributed by atoms with Crippen molar-refractivity contribution < 1.29 is 161 Å². The molecule has 3 heterocycles. The van der Waals surface area contributed by atoms with Gasteiger partial charge in [-0.25, -0.2) is 15.3 Å². The highest BCUT2D eigenvalue weighted by molar-refractivity contribution is 6.39. The van der Waals surface area contributed by atoms with Gasteiger partial charge in [0.05, 0.1) is 30.5 Å². The largest absolute Gasteiger partial charge is 0.456 e. The Bertz CT molecular complexity index is 5280. The van der Waals surface area contributed by atoms with Crippen molar-refractivity contribution in [3.8, 4) is 273 Å². The molecule has 4 aliphatic rings. The van der Waals surface area contributed by atoms with E-state index in [1.165, 1.54) is 27.3 Å². The third kappa shape index (κ3) is 42.4. The van der Waals surface area contributed by atoms with Gasteiger partial charge in [0.25, 0.3) is 11.7 Å². The van der Waals surface area contributed by atoms with Crippen LogP contribution in [-0.4, -0.2) is 131 Å². The third-order valence-corrected chi connectivity index (χ3v) is 17.1. The number of aliphatic hydroxyl groups is 3. The van der Waals surface area contributed by atoms with Gasteiger partial charge in [-0.3, -0.25) is 9.59 Å². The molecule has 2 saturated heterocycles. The predicted octanol–water partition coefficient (Wildman–Crippen LogP) is 15.1. The number of nitrogens with one attached hydrogen (secondary N) is 1. The number of aliphatic hydroxyl groups excluding tert-OH is 2. The van der Waals surface area contributed by atoms with Gasteiger partial charge in [-0.05, 0) is 264 Å². The number of amides is 1. The fourth-order valence-electron chi connectivity index (χ4n) is 11.6. The topological polar surface area (TPSA) is 297 Å². The molecule has 24 nitrogen and oxygen atoms in total. The highest BCUT2D eigenvalue weighted by Gasteiger charge is 2.57. The average molecular weight is 1670 g/mol. The fourth-order valence-corrected chi connectivity index (χ4v) is 11.6. The molecule has 24 heteroatoms. The summed E-state index contributed by atoms with van der Waals surface area (Å²) in [5.74, 6) is 106. The fraction of sp³-hybridized carbons (Fsp3) is 0.415. The number of cyclic esters (lactones) is 1. The number of nitrogens with zero attached hydrogens (tertiary/aromatic N) is 1. The molecule has 674 valence electrons. The second kappa shape index (κ2) is 64.2. The normalized spacial score (nSPS) is 23.1. The molecule has 0 aromatic carbocycles. The second-order valence-electron chi connectivity index (χ2n) is 24.9. The molecule has 1 aliphatic carbocycles. The highest BCUT2D eigenvalue weighted by Crippen LogP contribution is 2.40. The molecule has 1 saturated carbocycles. The Morgan fingerprint density at radius 2 is 0.992 bits per heavy atom. The van der Waals surface area contributed by atoms with E-state index in [4.69, 9.17) is 40.6 Å². The molecule has 0 aromatic heterocycles. The van der Waals surface area contributed by atoms with Crippen molar-refractivity contribution in [2.24, 2.45) is 29.6 Å². The number of carbonyl (C=O) groups is 3. The van der Waals surface area contributed by atoms with Crippen LogP contribution in [-0.2, 0) is 83.3 Å². The number of fused-ring (bicyclic) bond motifs is 3. The number of esters is 1. The van der Waals surface area contributed by atoms with Crippen LogP contribution in [0.15, 0.2) is 34.4 Å². The van der Waals surface area contributed by atoms with E-state index in [1.807, 2.05) is 13.8 Å². The molecule has 1 amide bonds. The van der Waals surface area contributed by atoms with Gasteiger partial charge >= 0.3 is 5.97 Å². The maximum absolute atomic E-state index is 14.5. The standard InChI is InChI=1S/C47H77NO11.C47H4.H3NO11.36H2/c1-12-29(5)35-26-38(50)32(8)42(30(6)23-33-17-18-37(49)39(25-33)55-9)58-46(53)36-16-14-15-19-48(36)45(52)44(51)47(54)31(7)24-41(57-11)43(59-47)40(56-10)22-28(4)20-27(3)21-34(35)13-2;1-3-5-7-9-11-13-15-17-19-21-23-25-27-29-31-33-35-37-39-41-43-45-47-46-44-42-40-38-36-34-32-30-28-26-24-22-20-18-16-14-12-10-8-6-4-2;2-6-10-8-4-1-5-9-12-11-7-3;;;;;;;;;;;;;;;;;;;;;;;;;;;;;;;;;;;;/h21,23,28,31-34,36-43,49-50,54H,12-20,22,24-26H2,1-11H3;1H,2H3;1-3H;36*1H/b27-21+,30-23+,35-29-;;;;;;;;;;;;;;;;;;;;;;;;;;;;;;;;;;;;;;/t28-,31+,32+,33-,34+,36-,37+,38-,39+,40-,41-,42+,43+,47+;;;;;;;;;;;;;;;;;;;;;;;;;;;;;;;;;;;;;;/m0....................................../s1. The number of Topliss-reactive ketones (excluding diaryl/α,β-unsaturated/α-hetero) is 1. The number of methoxy groups -OCH3 is 3. The summed E-state index contributed by atoms with van der Waals surface area (Å²) in [6, 6.07) is -1.08. The van der Waals surface area contributed by atoms with Gasteiger partial charge in [-0.2, -0.15) is 0 Å². The number of rotatable bonds is 16. The average Bonchev–Trinajstić information content (AvgIpc) is 0.769. The number of allylic oxidation sites excluding steroid dienone is 4. The first-order chi connectivity index (χ1) is 57.3. The van der Waals surface area contributed by atoms with Crippen molar-refractivity contribution in [2.75, 3.05) is 27.9 Å². The zero-order chi connectivity index (χ0) is 86.7.